The van der Waals surface area contributed by atoms with Gasteiger partial charge in [0.1, 0.15) is 0 Å². The molecule has 94 valence electrons. The minimum atomic E-state index is -0.843. The fourth-order valence-corrected chi connectivity index (χ4v) is 2.19. The Kier molecular flexibility index (Phi) is 3.33. The Hall–Kier alpha value is -1.56. The molecule has 0 spiro atoms. The Balaban J connectivity index is 1.99. The van der Waals surface area contributed by atoms with E-state index in [2.05, 4.69) is 10.4 Å². The molecule has 1 fully saturated rings. The molecule has 1 saturated heterocycles. The molecule has 0 aliphatic carbocycles. The van der Waals surface area contributed by atoms with Gasteiger partial charge in [-0.1, -0.05) is 0 Å². The summed E-state index contributed by atoms with van der Waals surface area (Å²) >= 11 is 0. The molecule has 1 aliphatic heterocycles. The SMILES string of the molecule is Cc1cc(C)n(C[C@@H]2CN(C(=O)O)CCN2)n1. The van der Waals surface area contributed by atoms with Crippen molar-refractivity contribution >= 4 is 6.09 Å². The summed E-state index contributed by atoms with van der Waals surface area (Å²) in [7, 11) is 0. The van der Waals surface area contributed by atoms with Crippen LogP contribution in [0, 0.1) is 13.8 Å². The van der Waals surface area contributed by atoms with E-state index in [0.29, 0.717) is 26.2 Å². The maximum absolute atomic E-state index is 10.9. The first-order valence-corrected chi connectivity index (χ1v) is 5.78. The summed E-state index contributed by atoms with van der Waals surface area (Å²) in [6, 6.07) is 2.16. The van der Waals surface area contributed by atoms with Crippen molar-refractivity contribution in [3.05, 3.63) is 17.5 Å². The van der Waals surface area contributed by atoms with E-state index in [1.54, 1.807) is 0 Å². The maximum atomic E-state index is 10.9. The second kappa shape index (κ2) is 4.75. The lowest BCUT2D eigenvalue weighted by atomic mass is 10.2. The zero-order chi connectivity index (χ0) is 12.4. The highest BCUT2D eigenvalue weighted by atomic mass is 16.4. The van der Waals surface area contributed by atoms with Crippen LogP contribution in [-0.2, 0) is 6.54 Å². The highest BCUT2D eigenvalue weighted by Gasteiger charge is 2.23. The Labute approximate surface area is 100 Å². The number of hydrogen-bond acceptors (Lipinski definition) is 3. The summed E-state index contributed by atoms with van der Waals surface area (Å²) < 4.78 is 1.93. The van der Waals surface area contributed by atoms with Crippen molar-refractivity contribution < 1.29 is 9.90 Å². The second-order valence-corrected chi connectivity index (χ2v) is 4.49. The van der Waals surface area contributed by atoms with Gasteiger partial charge in [-0.25, -0.2) is 4.79 Å². The predicted octanol–water partition coefficient (Wildman–Crippen LogP) is 0.452. The molecule has 17 heavy (non-hydrogen) atoms. The van der Waals surface area contributed by atoms with Crippen molar-refractivity contribution in [2.24, 2.45) is 0 Å². The topological polar surface area (TPSA) is 70.4 Å². The third-order valence-electron chi connectivity index (χ3n) is 3.02. The van der Waals surface area contributed by atoms with E-state index in [4.69, 9.17) is 5.11 Å². The molecule has 2 heterocycles. The van der Waals surface area contributed by atoms with Crippen LogP contribution in [0.1, 0.15) is 11.4 Å². The van der Waals surface area contributed by atoms with Crippen LogP contribution in [0.3, 0.4) is 0 Å². The van der Waals surface area contributed by atoms with E-state index in [9.17, 15) is 4.79 Å². The molecule has 0 unspecified atom stereocenters. The van der Waals surface area contributed by atoms with E-state index in [1.165, 1.54) is 4.90 Å². The van der Waals surface area contributed by atoms with Gasteiger partial charge in [0, 0.05) is 31.4 Å². The number of rotatable bonds is 2. The van der Waals surface area contributed by atoms with E-state index in [0.717, 1.165) is 11.4 Å². The first-order chi connectivity index (χ1) is 8.06. The van der Waals surface area contributed by atoms with Gasteiger partial charge in [-0.3, -0.25) is 4.68 Å². The first-order valence-electron chi connectivity index (χ1n) is 5.78. The van der Waals surface area contributed by atoms with Gasteiger partial charge in [0.25, 0.3) is 0 Å². The smallest absolute Gasteiger partial charge is 0.407 e. The summed E-state index contributed by atoms with van der Waals surface area (Å²) in [4.78, 5) is 12.4. The fraction of sp³-hybridized carbons (Fsp3) is 0.636. The van der Waals surface area contributed by atoms with E-state index in [1.807, 2.05) is 24.6 Å². The monoisotopic (exact) mass is 238 g/mol. The molecule has 2 rings (SSSR count). The molecule has 1 aromatic rings. The molecule has 0 bridgehead atoms. The number of nitrogens with one attached hydrogen (secondary N) is 1. The third-order valence-corrected chi connectivity index (χ3v) is 3.02. The summed E-state index contributed by atoms with van der Waals surface area (Å²) in [6.45, 7) is 6.47. The van der Waals surface area contributed by atoms with Crippen molar-refractivity contribution in [3.8, 4) is 0 Å². The van der Waals surface area contributed by atoms with Crippen molar-refractivity contribution in [1.82, 2.24) is 20.0 Å². The van der Waals surface area contributed by atoms with Gasteiger partial charge in [0.2, 0.25) is 0 Å². The molecule has 0 aromatic carbocycles. The van der Waals surface area contributed by atoms with Gasteiger partial charge in [-0.2, -0.15) is 5.10 Å². The summed E-state index contributed by atoms with van der Waals surface area (Å²) in [5.41, 5.74) is 2.10. The Bertz CT molecular complexity index is 416. The summed E-state index contributed by atoms with van der Waals surface area (Å²) in [6.07, 6.45) is -0.843. The lowest BCUT2D eigenvalue weighted by Crippen LogP contribution is -2.53. The predicted molar refractivity (Wildman–Crippen MR) is 63.1 cm³/mol. The molecule has 0 radical (unpaired) electrons. The van der Waals surface area contributed by atoms with E-state index >= 15 is 0 Å². The number of nitrogens with zero attached hydrogens (tertiary/aromatic N) is 3. The van der Waals surface area contributed by atoms with Gasteiger partial charge < -0.3 is 15.3 Å². The number of aromatic nitrogens is 2. The van der Waals surface area contributed by atoms with Crippen LogP contribution in [-0.4, -0.2) is 51.6 Å². The van der Waals surface area contributed by atoms with Crippen molar-refractivity contribution in [2.75, 3.05) is 19.6 Å². The fourth-order valence-electron chi connectivity index (χ4n) is 2.19. The average molecular weight is 238 g/mol. The zero-order valence-corrected chi connectivity index (χ0v) is 10.2. The minimum absolute atomic E-state index is 0.137. The third kappa shape index (κ3) is 2.76. The molecule has 1 atom stereocenters. The van der Waals surface area contributed by atoms with Crippen LogP contribution in [0.25, 0.3) is 0 Å². The summed E-state index contributed by atoms with van der Waals surface area (Å²) in [5.74, 6) is 0. The number of carbonyl (C=O) groups is 1. The average Bonchev–Trinajstić information content (AvgIpc) is 2.58. The van der Waals surface area contributed by atoms with Crippen molar-refractivity contribution in [1.29, 1.82) is 0 Å². The minimum Gasteiger partial charge on any atom is -0.465 e. The number of piperazine rings is 1. The molecular formula is C11H18N4O2. The normalized spacial score (nSPS) is 20.6. The molecule has 6 nitrogen and oxygen atoms in total. The summed E-state index contributed by atoms with van der Waals surface area (Å²) in [5, 5.41) is 16.7. The van der Waals surface area contributed by atoms with Gasteiger partial charge in [0.15, 0.2) is 0 Å². The number of carboxylic acid groups (broad SMARTS) is 1. The maximum Gasteiger partial charge on any atom is 0.407 e. The van der Waals surface area contributed by atoms with Gasteiger partial charge in [0.05, 0.1) is 12.2 Å². The molecule has 1 aliphatic rings. The molecule has 2 N–H and O–H groups in total. The van der Waals surface area contributed by atoms with E-state index in [-0.39, 0.29) is 6.04 Å². The largest absolute Gasteiger partial charge is 0.465 e. The molecule has 1 aromatic heterocycles. The first kappa shape index (κ1) is 11.9. The van der Waals surface area contributed by atoms with Crippen molar-refractivity contribution in [3.63, 3.8) is 0 Å². The number of amides is 1. The van der Waals surface area contributed by atoms with Crippen LogP contribution in [0.15, 0.2) is 6.07 Å². The Morgan fingerprint density at radius 2 is 2.41 bits per heavy atom. The van der Waals surface area contributed by atoms with Gasteiger partial charge in [-0.15, -0.1) is 0 Å². The lowest BCUT2D eigenvalue weighted by molar-refractivity contribution is 0.125. The number of hydrogen-bond donors (Lipinski definition) is 2. The van der Waals surface area contributed by atoms with Crippen LogP contribution in [0.5, 0.6) is 0 Å². The quantitative estimate of drug-likeness (QED) is 0.785. The Morgan fingerprint density at radius 3 is 3.00 bits per heavy atom. The molecular weight excluding hydrogens is 220 g/mol. The molecule has 1 amide bonds. The van der Waals surface area contributed by atoms with E-state index < -0.39 is 6.09 Å². The van der Waals surface area contributed by atoms with Crippen molar-refractivity contribution in [2.45, 2.75) is 26.4 Å². The highest BCUT2D eigenvalue weighted by Crippen LogP contribution is 2.06. The van der Waals surface area contributed by atoms with Crippen LogP contribution in [0.2, 0.25) is 0 Å². The number of aryl methyl sites for hydroxylation is 2. The Morgan fingerprint density at radius 1 is 1.65 bits per heavy atom. The van der Waals surface area contributed by atoms with Gasteiger partial charge in [-0.05, 0) is 19.9 Å². The second-order valence-electron chi connectivity index (χ2n) is 4.49. The zero-order valence-electron chi connectivity index (χ0n) is 10.2. The standard InChI is InChI=1S/C11H18N4O2/c1-8-5-9(2)15(13-8)7-10-6-14(11(16)17)4-3-12-10/h5,10,12H,3-4,6-7H2,1-2H3,(H,16,17)/t10-/m0/s1. The lowest BCUT2D eigenvalue weighted by Gasteiger charge is -2.31. The highest BCUT2D eigenvalue weighted by molar-refractivity contribution is 5.65. The van der Waals surface area contributed by atoms with Crippen LogP contribution >= 0.6 is 0 Å². The molecule has 0 saturated carbocycles. The van der Waals surface area contributed by atoms with Crippen LogP contribution < -0.4 is 5.32 Å². The molecule has 6 heteroatoms. The van der Waals surface area contributed by atoms with Crippen LogP contribution in [0.4, 0.5) is 4.79 Å². The van der Waals surface area contributed by atoms with Gasteiger partial charge >= 0.3 is 6.09 Å².